The zero-order chi connectivity index (χ0) is 19.4. The average molecular weight is 368 g/mol. The lowest BCUT2D eigenvalue weighted by molar-refractivity contribution is -0.151. The number of esters is 1. The highest BCUT2D eigenvalue weighted by molar-refractivity contribution is 6.10. The van der Waals surface area contributed by atoms with E-state index in [1.165, 1.54) is 18.2 Å². The van der Waals surface area contributed by atoms with Crippen LogP contribution in [0.3, 0.4) is 0 Å². The Kier molecular flexibility index (Phi) is 5.69. The Morgan fingerprint density at radius 1 is 1.19 bits per heavy atom. The van der Waals surface area contributed by atoms with E-state index in [1.807, 2.05) is 18.2 Å². The van der Waals surface area contributed by atoms with Crippen molar-refractivity contribution in [2.45, 2.75) is 19.3 Å². The highest BCUT2D eigenvalue weighted by Crippen LogP contribution is 2.41. The molecule has 1 aliphatic carbocycles. The van der Waals surface area contributed by atoms with Crippen LogP contribution >= 0.6 is 0 Å². The third-order valence-corrected chi connectivity index (χ3v) is 4.72. The van der Waals surface area contributed by atoms with Gasteiger partial charge in [0.05, 0.1) is 13.7 Å². The number of methoxy groups -OCH3 is 1. The molecule has 3 rings (SSSR count). The lowest BCUT2D eigenvalue weighted by Crippen LogP contribution is -2.34. The van der Waals surface area contributed by atoms with Gasteiger partial charge in [0.1, 0.15) is 17.5 Å². The second-order valence-corrected chi connectivity index (χ2v) is 6.40. The lowest BCUT2D eigenvalue weighted by Gasteiger charge is -2.29. The first-order valence-corrected chi connectivity index (χ1v) is 8.84. The van der Waals surface area contributed by atoms with Gasteiger partial charge < -0.3 is 9.47 Å². The summed E-state index contributed by atoms with van der Waals surface area (Å²) in [6.45, 7) is 1.91. The van der Waals surface area contributed by atoms with E-state index in [0.717, 1.165) is 5.56 Å². The third-order valence-electron chi connectivity index (χ3n) is 4.72. The van der Waals surface area contributed by atoms with Gasteiger partial charge in [-0.05, 0) is 60.4 Å². The minimum Gasteiger partial charge on any atom is -0.497 e. The van der Waals surface area contributed by atoms with Gasteiger partial charge in [0.2, 0.25) is 0 Å². The van der Waals surface area contributed by atoms with Crippen LogP contribution in [0.25, 0.3) is 5.57 Å². The quantitative estimate of drug-likeness (QED) is 0.588. The molecule has 4 nitrogen and oxygen atoms in total. The number of carbonyl (C=O) groups is 2. The number of allylic oxidation sites excluding steroid dienone is 2. The Hall–Kier alpha value is -2.95. The second-order valence-electron chi connectivity index (χ2n) is 6.40. The molecule has 2 aromatic carbocycles. The van der Waals surface area contributed by atoms with Crippen LogP contribution in [-0.2, 0) is 14.3 Å². The van der Waals surface area contributed by atoms with E-state index < -0.39 is 17.8 Å². The standard InChI is InChI=1S/C22H21FO4/c1-3-27-22(25)21-19(15-7-5-9-18(11-15)26-2)12-16(13-20(21)24)14-6-4-8-17(23)10-14/h4-11,13,19,21H,3,12H2,1-2H3/t19-,21-/m1/s1. The molecule has 0 fully saturated rings. The van der Waals surface area contributed by atoms with Crippen LogP contribution in [0.1, 0.15) is 30.4 Å². The van der Waals surface area contributed by atoms with E-state index in [1.54, 1.807) is 32.2 Å². The molecular weight excluding hydrogens is 347 g/mol. The molecular formula is C22H21FO4. The minimum absolute atomic E-state index is 0.202. The van der Waals surface area contributed by atoms with Gasteiger partial charge in [-0.1, -0.05) is 24.3 Å². The summed E-state index contributed by atoms with van der Waals surface area (Å²) in [6.07, 6.45) is 1.86. The maximum absolute atomic E-state index is 13.6. The molecule has 0 N–H and O–H groups in total. The van der Waals surface area contributed by atoms with E-state index in [0.29, 0.717) is 23.3 Å². The van der Waals surface area contributed by atoms with Crippen LogP contribution in [-0.4, -0.2) is 25.5 Å². The summed E-state index contributed by atoms with van der Waals surface area (Å²) in [5, 5.41) is 0. The Balaban J connectivity index is 2.04. The van der Waals surface area contributed by atoms with E-state index in [4.69, 9.17) is 9.47 Å². The molecule has 27 heavy (non-hydrogen) atoms. The molecule has 0 aliphatic heterocycles. The number of rotatable bonds is 5. The Morgan fingerprint density at radius 2 is 1.96 bits per heavy atom. The first kappa shape index (κ1) is 18.8. The van der Waals surface area contributed by atoms with Crippen molar-refractivity contribution in [3.63, 3.8) is 0 Å². The van der Waals surface area contributed by atoms with Crippen molar-refractivity contribution in [3.05, 3.63) is 71.6 Å². The van der Waals surface area contributed by atoms with Crippen LogP contribution in [0.2, 0.25) is 0 Å². The fourth-order valence-electron chi connectivity index (χ4n) is 3.46. The van der Waals surface area contributed by atoms with Crippen molar-refractivity contribution in [1.29, 1.82) is 0 Å². The van der Waals surface area contributed by atoms with E-state index in [2.05, 4.69) is 0 Å². The zero-order valence-electron chi connectivity index (χ0n) is 15.3. The number of ketones is 1. The highest BCUT2D eigenvalue weighted by Gasteiger charge is 2.39. The molecule has 0 heterocycles. The Bertz CT molecular complexity index is 887. The summed E-state index contributed by atoms with van der Waals surface area (Å²) in [4.78, 5) is 25.3. The first-order chi connectivity index (χ1) is 13.0. The van der Waals surface area contributed by atoms with Crippen molar-refractivity contribution in [2.75, 3.05) is 13.7 Å². The summed E-state index contributed by atoms with van der Waals surface area (Å²) >= 11 is 0. The number of hydrogen-bond donors (Lipinski definition) is 0. The first-order valence-electron chi connectivity index (χ1n) is 8.84. The molecule has 2 atom stereocenters. The van der Waals surface area contributed by atoms with Gasteiger partial charge in [-0.3, -0.25) is 9.59 Å². The van der Waals surface area contributed by atoms with E-state index >= 15 is 0 Å². The molecule has 0 unspecified atom stereocenters. The van der Waals surface area contributed by atoms with Gasteiger partial charge in [0, 0.05) is 5.92 Å². The predicted octanol–water partition coefficient (Wildman–Crippen LogP) is 4.15. The fourth-order valence-corrected chi connectivity index (χ4v) is 3.46. The van der Waals surface area contributed by atoms with Gasteiger partial charge in [-0.25, -0.2) is 4.39 Å². The number of benzene rings is 2. The molecule has 0 bridgehead atoms. The zero-order valence-corrected chi connectivity index (χ0v) is 15.3. The summed E-state index contributed by atoms with van der Waals surface area (Å²) in [5.41, 5.74) is 2.15. The normalized spacial score (nSPS) is 19.4. The Morgan fingerprint density at radius 3 is 2.67 bits per heavy atom. The molecule has 2 aromatic rings. The molecule has 0 saturated heterocycles. The summed E-state index contributed by atoms with van der Waals surface area (Å²) in [7, 11) is 1.56. The van der Waals surface area contributed by atoms with Crippen LogP contribution in [0, 0.1) is 11.7 Å². The van der Waals surface area contributed by atoms with Crippen LogP contribution in [0.15, 0.2) is 54.6 Å². The number of hydrogen-bond acceptors (Lipinski definition) is 4. The molecule has 5 heteroatoms. The maximum Gasteiger partial charge on any atom is 0.317 e. The summed E-state index contributed by atoms with van der Waals surface area (Å²) in [6, 6.07) is 13.4. The smallest absolute Gasteiger partial charge is 0.317 e. The largest absolute Gasteiger partial charge is 0.497 e. The second kappa shape index (κ2) is 8.16. The van der Waals surface area contributed by atoms with Crippen molar-refractivity contribution >= 4 is 17.3 Å². The average Bonchev–Trinajstić information content (AvgIpc) is 2.67. The molecule has 0 spiro atoms. The maximum atomic E-state index is 13.6. The van der Waals surface area contributed by atoms with Crippen molar-refractivity contribution in [1.82, 2.24) is 0 Å². The SMILES string of the molecule is CCOC(=O)[C@H]1C(=O)C=C(c2cccc(F)c2)C[C@@H]1c1cccc(OC)c1. The van der Waals surface area contributed by atoms with Crippen molar-refractivity contribution < 1.29 is 23.5 Å². The molecule has 140 valence electrons. The monoisotopic (exact) mass is 368 g/mol. The van der Waals surface area contributed by atoms with Crippen LogP contribution < -0.4 is 4.74 Å². The number of carbonyl (C=O) groups excluding carboxylic acids is 2. The van der Waals surface area contributed by atoms with Gasteiger partial charge in [0.25, 0.3) is 0 Å². The van der Waals surface area contributed by atoms with Gasteiger partial charge in [0.15, 0.2) is 5.78 Å². The predicted molar refractivity (Wildman–Crippen MR) is 99.9 cm³/mol. The van der Waals surface area contributed by atoms with Crippen LogP contribution in [0.5, 0.6) is 5.75 Å². The lowest BCUT2D eigenvalue weighted by atomic mass is 9.73. The van der Waals surface area contributed by atoms with Gasteiger partial charge in [-0.2, -0.15) is 0 Å². The van der Waals surface area contributed by atoms with Crippen molar-refractivity contribution in [3.8, 4) is 5.75 Å². The summed E-state index contributed by atoms with van der Waals surface area (Å²) in [5.74, 6) is -1.92. The molecule has 0 saturated carbocycles. The van der Waals surface area contributed by atoms with Crippen LogP contribution in [0.4, 0.5) is 4.39 Å². The Labute approximate surface area is 157 Å². The van der Waals surface area contributed by atoms with Crippen molar-refractivity contribution in [2.24, 2.45) is 5.92 Å². The van der Waals surface area contributed by atoms with Gasteiger partial charge in [-0.15, -0.1) is 0 Å². The third kappa shape index (κ3) is 4.08. The molecule has 1 aliphatic rings. The number of ether oxygens (including phenoxy) is 2. The molecule has 0 radical (unpaired) electrons. The number of halogens is 1. The van der Waals surface area contributed by atoms with Gasteiger partial charge >= 0.3 is 5.97 Å². The molecule has 0 amide bonds. The summed E-state index contributed by atoms with van der Waals surface area (Å²) < 4.78 is 24.1. The fraction of sp³-hybridized carbons (Fsp3) is 0.273. The topological polar surface area (TPSA) is 52.6 Å². The van der Waals surface area contributed by atoms with E-state index in [9.17, 15) is 14.0 Å². The highest BCUT2D eigenvalue weighted by atomic mass is 19.1. The van der Waals surface area contributed by atoms with E-state index in [-0.39, 0.29) is 18.2 Å². The minimum atomic E-state index is -0.922. The molecule has 0 aromatic heterocycles.